The number of halogens is 1. The smallest absolute Gasteiger partial charge is 0.196 e. The maximum absolute atomic E-state index is 9.31. The van der Waals surface area contributed by atoms with Gasteiger partial charge in [0, 0.05) is 15.4 Å². The molecule has 7 heteroatoms. The molecule has 0 aliphatic carbocycles. The number of hydrogen-bond donors (Lipinski definition) is 3. The first-order valence-electron chi connectivity index (χ1n) is 5.05. The number of nitrogens with two attached hydrogens (primary N) is 2. The SMILES string of the molecule is Nc1cc(N)nc(Sc2ccc(Br)cc2CO)n1. The van der Waals surface area contributed by atoms with Gasteiger partial charge in [-0.25, -0.2) is 9.97 Å². The van der Waals surface area contributed by atoms with Gasteiger partial charge in [-0.15, -0.1) is 0 Å². The Hall–Kier alpha value is -1.31. The van der Waals surface area contributed by atoms with Gasteiger partial charge in [-0.05, 0) is 35.5 Å². The van der Waals surface area contributed by atoms with Crippen LogP contribution in [0.25, 0.3) is 0 Å². The molecule has 0 aliphatic heterocycles. The monoisotopic (exact) mass is 326 g/mol. The van der Waals surface area contributed by atoms with Gasteiger partial charge in [-0.3, -0.25) is 0 Å². The molecular weight excluding hydrogens is 316 g/mol. The van der Waals surface area contributed by atoms with Crippen LogP contribution in [0.1, 0.15) is 5.56 Å². The molecule has 0 saturated carbocycles. The fourth-order valence-electron chi connectivity index (χ4n) is 1.38. The van der Waals surface area contributed by atoms with Crippen LogP contribution < -0.4 is 11.5 Å². The lowest BCUT2D eigenvalue weighted by atomic mass is 10.2. The molecule has 18 heavy (non-hydrogen) atoms. The molecule has 1 aromatic heterocycles. The Morgan fingerprint density at radius 3 is 2.44 bits per heavy atom. The zero-order valence-corrected chi connectivity index (χ0v) is 11.7. The van der Waals surface area contributed by atoms with Crippen molar-refractivity contribution in [1.29, 1.82) is 0 Å². The summed E-state index contributed by atoms with van der Waals surface area (Å²) in [6, 6.07) is 7.11. The van der Waals surface area contributed by atoms with E-state index in [0.29, 0.717) is 16.8 Å². The molecule has 0 unspecified atom stereocenters. The molecule has 0 atom stereocenters. The summed E-state index contributed by atoms with van der Waals surface area (Å²) >= 11 is 4.67. The summed E-state index contributed by atoms with van der Waals surface area (Å²) < 4.78 is 0.906. The Kier molecular flexibility index (Phi) is 4.05. The topological polar surface area (TPSA) is 98.1 Å². The van der Waals surface area contributed by atoms with Gasteiger partial charge in [-0.1, -0.05) is 15.9 Å². The molecule has 5 N–H and O–H groups in total. The van der Waals surface area contributed by atoms with Gasteiger partial charge in [0.05, 0.1) is 6.61 Å². The molecule has 5 nitrogen and oxygen atoms in total. The van der Waals surface area contributed by atoms with Gasteiger partial charge in [0.2, 0.25) is 0 Å². The van der Waals surface area contributed by atoms with E-state index in [-0.39, 0.29) is 6.61 Å². The second-order valence-electron chi connectivity index (χ2n) is 3.51. The van der Waals surface area contributed by atoms with E-state index in [1.165, 1.54) is 17.8 Å². The minimum Gasteiger partial charge on any atom is -0.392 e. The highest BCUT2D eigenvalue weighted by molar-refractivity contribution is 9.10. The lowest BCUT2D eigenvalue weighted by molar-refractivity contribution is 0.279. The molecule has 2 rings (SSSR count). The Balaban J connectivity index is 2.33. The van der Waals surface area contributed by atoms with Crippen LogP contribution in [0.4, 0.5) is 11.6 Å². The number of aromatic nitrogens is 2. The molecule has 94 valence electrons. The number of aliphatic hydroxyl groups excluding tert-OH is 1. The third kappa shape index (κ3) is 3.12. The highest BCUT2D eigenvalue weighted by atomic mass is 79.9. The minimum absolute atomic E-state index is 0.0560. The van der Waals surface area contributed by atoms with E-state index in [2.05, 4.69) is 25.9 Å². The summed E-state index contributed by atoms with van der Waals surface area (Å²) in [6.07, 6.45) is 0. The highest BCUT2D eigenvalue weighted by Crippen LogP contribution is 2.30. The van der Waals surface area contributed by atoms with Gasteiger partial charge >= 0.3 is 0 Å². The van der Waals surface area contributed by atoms with Crippen LogP contribution in [-0.4, -0.2) is 15.1 Å². The van der Waals surface area contributed by atoms with E-state index >= 15 is 0 Å². The maximum atomic E-state index is 9.31. The van der Waals surface area contributed by atoms with E-state index < -0.39 is 0 Å². The Morgan fingerprint density at radius 1 is 1.17 bits per heavy atom. The van der Waals surface area contributed by atoms with Crippen LogP contribution in [0, 0.1) is 0 Å². The first-order valence-corrected chi connectivity index (χ1v) is 6.66. The number of rotatable bonds is 3. The van der Waals surface area contributed by atoms with Crippen LogP contribution in [0.5, 0.6) is 0 Å². The standard InChI is InChI=1S/C11H11BrN4OS/c12-7-1-2-8(6(3-7)5-17)18-11-15-9(13)4-10(14)16-11/h1-4,17H,5H2,(H4,13,14,15,16). The number of nitrogens with zero attached hydrogens (tertiary/aromatic N) is 2. The van der Waals surface area contributed by atoms with E-state index in [4.69, 9.17) is 11.5 Å². The first kappa shape index (κ1) is 13.1. The van der Waals surface area contributed by atoms with E-state index in [9.17, 15) is 5.11 Å². The van der Waals surface area contributed by atoms with Crippen LogP contribution >= 0.6 is 27.7 Å². The van der Waals surface area contributed by atoms with Crippen molar-refractivity contribution in [3.05, 3.63) is 34.3 Å². The van der Waals surface area contributed by atoms with Crippen molar-refractivity contribution in [2.75, 3.05) is 11.5 Å². The largest absolute Gasteiger partial charge is 0.392 e. The highest BCUT2D eigenvalue weighted by Gasteiger charge is 2.08. The summed E-state index contributed by atoms with van der Waals surface area (Å²) in [7, 11) is 0. The molecule has 0 spiro atoms. The van der Waals surface area contributed by atoms with Gasteiger partial charge in [0.15, 0.2) is 5.16 Å². The number of benzene rings is 1. The number of aliphatic hydroxyl groups is 1. The maximum Gasteiger partial charge on any atom is 0.196 e. The zero-order chi connectivity index (χ0) is 13.1. The average Bonchev–Trinajstić information content (AvgIpc) is 2.30. The normalized spacial score (nSPS) is 10.6. The lowest BCUT2D eigenvalue weighted by Gasteiger charge is -2.07. The fraction of sp³-hybridized carbons (Fsp3) is 0.0909. The Bertz CT molecular complexity index is 559. The number of nitrogen functional groups attached to an aromatic ring is 2. The quantitative estimate of drug-likeness (QED) is 0.747. The fourth-order valence-corrected chi connectivity index (χ4v) is 2.68. The molecule has 0 aliphatic rings. The summed E-state index contributed by atoms with van der Waals surface area (Å²) in [6.45, 7) is -0.0560. The molecule has 0 fully saturated rings. The average molecular weight is 327 g/mol. The zero-order valence-electron chi connectivity index (χ0n) is 9.30. The predicted molar refractivity (Wildman–Crippen MR) is 75.0 cm³/mol. The molecule has 0 amide bonds. The Labute approximate surface area is 117 Å². The van der Waals surface area contributed by atoms with Crippen molar-refractivity contribution >= 4 is 39.3 Å². The lowest BCUT2D eigenvalue weighted by Crippen LogP contribution is -1.99. The van der Waals surface area contributed by atoms with Gasteiger partial charge in [0.1, 0.15) is 11.6 Å². The molecule has 0 saturated heterocycles. The molecule has 0 radical (unpaired) electrons. The first-order chi connectivity index (χ1) is 8.58. The van der Waals surface area contributed by atoms with Crippen molar-refractivity contribution in [2.45, 2.75) is 16.7 Å². The van der Waals surface area contributed by atoms with Crippen molar-refractivity contribution < 1.29 is 5.11 Å². The molecule has 1 aromatic carbocycles. The third-order valence-corrected chi connectivity index (χ3v) is 3.62. The van der Waals surface area contributed by atoms with Crippen LogP contribution in [-0.2, 0) is 6.61 Å². The second kappa shape index (κ2) is 5.55. The second-order valence-corrected chi connectivity index (χ2v) is 5.44. The molecule has 0 bridgehead atoms. The molecular formula is C11H11BrN4OS. The van der Waals surface area contributed by atoms with Crippen molar-refractivity contribution in [2.24, 2.45) is 0 Å². The van der Waals surface area contributed by atoms with E-state index in [1.807, 2.05) is 18.2 Å². The van der Waals surface area contributed by atoms with Crippen LogP contribution in [0.3, 0.4) is 0 Å². The van der Waals surface area contributed by atoms with E-state index in [0.717, 1.165) is 14.9 Å². The number of anilines is 2. The molecule has 2 aromatic rings. The minimum atomic E-state index is -0.0560. The Morgan fingerprint density at radius 2 is 1.83 bits per heavy atom. The van der Waals surface area contributed by atoms with Crippen molar-refractivity contribution in [3.63, 3.8) is 0 Å². The molecule has 1 heterocycles. The van der Waals surface area contributed by atoms with E-state index in [1.54, 1.807) is 0 Å². The van der Waals surface area contributed by atoms with Crippen molar-refractivity contribution in [1.82, 2.24) is 9.97 Å². The van der Waals surface area contributed by atoms with Gasteiger partial charge in [-0.2, -0.15) is 0 Å². The van der Waals surface area contributed by atoms with Gasteiger partial charge in [0.25, 0.3) is 0 Å². The summed E-state index contributed by atoms with van der Waals surface area (Å²) in [5.41, 5.74) is 12.0. The summed E-state index contributed by atoms with van der Waals surface area (Å²) in [5, 5.41) is 9.77. The summed E-state index contributed by atoms with van der Waals surface area (Å²) in [4.78, 5) is 9.03. The van der Waals surface area contributed by atoms with Crippen LogP contribution in [0.2, 0.25) is 0 Å². The van der Waals surface area contributed by atoms with Crippen molar-refractivity contribution in [3.8, 4) is 0 Å². The number of hydrogen-bond acceptors (Lipinski definition) is 6. The van der Waals surface area contributed by atoms with Gasteiger partial charge < -0.3 is 16.6 Å². The predicted octanol–water partition coefficient (Wildman–Crippen LogP) is 2.05. The van der Waals surface area contributed by atoms with Crippen LogP contribution in [0.15, 0.2) is 38.8 Å². The third-order valence-electron chi connectivity index (χ3n) is 2.14. The summed E-state index contributed by atoms with van der Waals surface area (Å²) in [5.74, 6) is 0.653.